The number of carbonyl (C=O) groups excluding carboxylic acids is 3. The van der Waals surface area contributed by atoms with Crippen molar-refractivity contribution in [1.82, 2.24) is 25.8 Å². The zero-order chi connectivity index (χ0) is 26.0. The van der Waals surface area contributed by atoms with Crippen LogP contribution in [0.4, 0.5) is 0 Å². The summed E-state index contributed by atoms with van der Waals surface area (Å²) in [5, 5.41) is 19.2. The predicted octanol–water partition coefficient (Wildman–Crippen LogP) is 1.25. The summed E-state index contributed by atoms with van der Waals surface area (Å²) in [6, 6.07) is 0.290. The lowest BCUT2D eigenvalue weighted by atomic mass is 9.80. The molecule has 6 atom stereocenters. The lowest BCUT2D eigenvalue weighted by Gasteiger charge is -2.45. The Balaban J connectivity index is 1.71. The topological polar surface area (TPSA) is 118 Å². The summed E-state index contributed by atoms with van der Waals surface area (Å²) in [6.45, 7) is 11.6. The van der Waals surface area contributed by atoms with Crippen molar-refractivity contribution in [2.24, 2.45) is 23.2 Å². The molecular weight excluding hydrogens is 456 g/mol. The van der Waals surface area contributed by atoms with Gasteiger partial charge >= 0.3 is 0 Å². The summed E-state index contributed by atoms with van der Waals surface area (Å²) in [7, 11) is 0. The molecule has 0 spiro atoms. The Labute approximate surface area is 215 Å². The van der Waals surface area contributed by atoms with Crippen LogP contribution < -0.4 is 16.0 Å². The van der Waals surface area contributed by atoms with Gasteiger partial charge in [0, 0.05) is 18.5 Å². The molecule has 4 aliphatic rings. The summed E-state index contributed by atoms with van der Waals surface area (Å²) in [5.74, 6) is 0.122. The number of rotatable bonds is 2. The Morgan fingerprint density at radius 3 is 2.42 bits per heavy atom. The van der Waals surface area contributed by atoms with Gasteiger partial charge in [-0.25, -0.2) is 0 Å². The highest BCUT2D eigenvalue weighted by molar-refractivity contribution is 5.91. The van der Waals surface area contributed by atoms with Gasteiger partial charge in [0.1, 0.15) is 12.1 Å². The highest BCUT2D eigenvalue weighted by Gasteiger charge is 2.49. The molecule has 36 heavy (non-hydrogen) atoms. The highest BCUT2D eigenvalue weighted by atomic mass is 16.2. The first kappa shape index (κ1) is 26.9. The number of nitrogens with one attached hydrogen (secondary N) is 3. The van der Waals surface area contributed by atoms with E-state index < -0.39 is 23.5 Å². The molecule has 4 fully saturated rings. The first-order valence-corrected chi connectivity index (χ1v) is 13.9. The van der Waals surface area contributed by atoms with Crippen LogP contribution in [0.1, 0.15) is 66.2 Å². The van der Waals surface area contributed by atoms with Crippen molar-refractivity contribution >= 4 is 17.7 Å². The quantitative estimate of drug-likeness (QED) is 0.525. The lowest BCUT2D eigenvalue weighted by Crippen LogP contribution is -2.62. The van der Waals surface area contributed by atoms with Crippen LogP contribution in [0.2, 0.25) is 0 Å². The van der Waals surface area contributed by atoms with E-state index in [4.69, 9.17) is 0 Å². The zero-order valence-electron chi connectivity index (χ0n) is 22.4. The van der Waals surface area contributed by atoms with Crippen LogP contribution in [0.15, 0.2) is 0 Å². The minimum absolute atomic E-state index is 0.0255. The van der Waals surface area contributed by atoms with Gasteiger partial charge in [-0.1, -0.05) is 34.1 Å². The van der Waals surface area contributed by atoms with Crippen molar-refractivity contribution in [2.75, 3.05) is 32.7 Å². The Morgan fingerprint density at radius 2 is 1.75 bits per heavy atom. The monoisotopic (exact) mass is 500 g/mol. The van der Waals surface area contributed by atoms with Crippen LogP contribution in [0, 0.1) is 34.5 Å². The van der Waals surface area contributed by atoms with Crippen LogP contribution in [0.25, 0.3) is 0 Å². The molecule has 0 saturated carbocycles. The summed E-state index contributed by atoms with van der Waals surface area (Å²) in [6.07, 6.45) is 5.15. The molecule has 4 rings (SSSR count). The first-order valence-electron chi connectivity index (χ1n) is 13.9. The fraction of sp³-hybridized carbons (Fsp3) is 0.852. The van der Waals surface area contributed by atoms with E-state index in [0.717, 1.165) is 38.8 Å². The molecule has 0 aromatic rings. The van der Waals surface area contributed by atoms with Gasteiger partial charge in [0.2, 0.25) is 17.7 Å². The average molecular weight is 501 g/mol. The van der Waals surface area contributed by atoms with Crippen LogP contribution >= 0.6 is 0 Å². The number of carbonyl (C=O) groups is 3. The molecule has 0 aliphatic carbocycles. The number of fused-ring (bicyclic) bond motifs is 3. The van der Waals surface area contributed by atoms with Gasteiger partial charge in [0.05, 0.1) is 18.2 Å². The van der Waals surface area contributed by atoms with Crippen LogP contribution in [-0.2, 0) is 14.4 Å². The largest absolute Gasteiger partial charge is 0.354 e. The fourth-order valence-corrected chi connectivity index (χ4v) is 6.87. The van der Waals surface area contributed by atoms with Gasteiger partial charge in [-0.3, -0.25) is 19.3 Å². The second-order valence-corrected chi connectivity index (χ2v) is 12.4. The third-order valence-electron chi connectivity index (χ3n) is 8.88. The van der Waals surface area contributed by atoms with E-state index in [1.807, 2.05) is 0 Å². The second kappa shape index (κ2) is 11.1. The van der Waals surface area contributed by atoms with E-state index >= 15 is 0 Å². The summed E-state index contributed by atoms with van der Waals surface area (Å²) < 4.78 is 0. The zero-order valence-corrected chi connectivity index (χ0v) is 22.4. The molecule has 0 aromatic carbocycles. The predicted molar refractivity (Wildman–Crippen MR) is 137 cm³/mol. The number of amides is 3. The molecule has 9 heteroatoms. The van der Waals surface area contributed by atoms with Crippen molar-refractivity contribution in [3.63, 3.8) is 0 Å². The number of nitriles is 1. The number of nitrogens with zero attached hydrogens (tertiary/aromatic N) is 3. The van der Waals surface area contributed by atoms with Crippen molar-refractivity contribution in [1.29, 1.82) is 5.26 Å². The van der Waals surface area contributed by atoms with Crippen molar-refractivity contribution in [3.8, 4) is 6.07 Å². The van der Waals surface area contributed by atoms with E-state index in [1.165, 1.54) is 0 Å². The molecule has 4 saturated heterocycles. The molecule has 3 amide bonds. The molecule has 200 valence electrons. The first-order chi connectivity index (χ1) is 17.1. The lowest BCUT2D eigenvalue weighted by molar-refractivity contribution is -0.148. The molecule has 3 N–H and O–H groups in total. The number of likely N-dealkylation sites (tertiary alicyclic amines) is 1. The molecule has 1 unspecified atom stereocenters. The van der Waals surface area contributed by atoms with Gasteiger partial charge in [0.15, 0.2) is 0 Å². The molecule has 0 aromatic heterocycles. The van der Waals surface area contributed by atoms with Crippen LogP contribution in [0.3, 0.4) is 0 Å². The molecule has 0 radical (unpaired) electrons. The van der Waals surface area contributed by atoms with Gasteiger partial charge in [0.25, 0.3) is 0 Å². The summed E-state index contributed by atoms with van der Waals surface area (Å²) in [4.78, 5) is 45.2. The Bertz CT molecular complexity index is 877. The number of piperidine rings is 1. The fourth-order valence-electron chi connectivity index (χ4n) is 6.87. The summed E-state index contributed by atoms with van der Waals surface area (Å²) >= 11 is 0. The maximum Gasteiger partial charge on any atom is 0.244 e. The van der Waals surface area contributed by atoms with E-state index in [2.05, 4.69) is 54.6 Å². The Morgan fingerprint density at radius 1 is 1.03 bits per heavy atom. The molecular formula is C27H44N6O3. The minimum Gasteiger partial charge on any atom is -0.354 e. The minimum atomic E-state index is -0.643. The third kappa shape index (κ3) is 5.55. The summed E-state index contributed by atoms with van der Waals surface area (Å²) in [5.41, 5.74) is -0.519. The number of hydrogen-bond donors (Lipinski definition) is 3. The normalized spacial score (nSPS) is 36.4. The van der Waals surface area contributed by atoms with Crippen molar-refractivity contribution in [3.05, 3.63) is 0 Å². The van der Waals surface area contributed by atoms with Crippen LogP contribution in [-0.4, -0.2) is 84.4 Å². The maximum atomic E-state index is 14.4. The Hall–Kier alpha value is -2.18. The standard InChI is InChI=1S/C27H44N6O3/c1-17(2)20-8-11-33-22(20)25(35)31-19(14-28)12-18-13-21(29-15-18)24(34)30-16-27(3,4)23(26(33)36)32-9-6-5-7-10-32/h17-23,29H,5-13,15-16H2,1-4H3,(H,30,34)(H,31,35)/t18-,19?,20-,21+,22+,23-/m1/s1. The van der Waals surface area contributed by atoms with Gasteiger partial charge in [-0.05, 0) is 69.5 Å². The van der Waals surface area contributed by atoms with Gasteiger partial charge in [-0.15, -0.1) is 0 Å². The maximum absolute atomic E-state index is 14.4. The number of hydrogen-bond acceptors (Lipinski definition) is 6. The smallest absolute Gasteiger partial charge is 0.244 e. The van der Waals surface area contributed by atoms with Crippen LogP contribution in [0.5, 0.6) is 0 Å². The SMILES string of the molecule is CC(C)[C@H]1CCN2C(=O)[C@@H](N3CCCCC3)C(C)(C)CNC(=O)[C@@H]3C[C@H](CN3)CC(C#N)NC(=O)[C@H]12. The van der Waals surface area contributed by atoms with E-state index in [9.17, 15) is 19.6 Å². The van der Waals surface area contributed by atoms with Gasteiger partial charge < -0.3 is 20.9 Å². The van der Waals surface area contributed by atoms with E-state index in [1.54, 1.807) is 4.90 Å². The second-order valence-electron chi connectivity index (χ2n) is 12.4. The van der Waals surface area contributed by atoms with Crippen molar-refractivity contribution in [2.45, 2.75) is 90.4 Å². The van der Waals surface area contributed by atoms with Crippen molar-refractivity contribution < 1.29 is 14.4 Å². The van der Waals surface area contributed by atoms with Gasteiger partial charge in [-0.2, -0.15) is 5.26 Å². The average Bonchev–Trinajstić information content (AvgIpc) is 3.50. The molecule has 4 aliphatic heterocycles. The molecule has 4 heterocycles. The highest BCUT2D eigenvalue weighted by Crippen LogP contribution is 2.36. The van der Waals surface area contributed by atoms with E-state index in [0.29, 0.717) is 32.5 Å². The third-order valence-corrected chi connectivity index (χ3v) is 8.88. The Kier molecular flexibility index (Phi) is 8.25. The van der Waals surface area contributed by atoms with E-state index in [-0.39, 0.29) is 41.5 Å². The molecule has 9 nitrogen and oxygen atoms in total. The molecule has 2 bridgehead atoms.